The highest BCUT2D eigenvalue weighted by molar-refractivity contribution is 5.28. The molecule has 1 atom stereocenters. The molecular formula is C21H34N2O2. The van der Waals surface area contributed by atoms with Gasteiger partial charge in [0.1, 0.15) is 5.75 Å². The summed E-state index contributed by atoms with van der Waals surface area (Å²) in [6, 6.07) is 8.62. The van der Waals surface area contributed by atoms with Gasteiger partial charge >= 0.3 is 0 Å². The number of nitrogens with two attached hydrogens (primary N) is 1. The molecule has 1 aromatic carbocycles. The zero-order chi connectivity index (χ0) is 17.7. The average molecular weight is 347 g/mol. The highest BCUT2D eigenvalue weighted by Crippen LogP contribution is 2.42. The molecule has 3 rings (SSSR count). The van der Waals surface area contributed by atoms with Gasteiger partial charge in [0.25, 0.3) is 0 Å². The maximum Gasteiger partial charge on any atom is 0.119 e. The van der Waals surface area contributed by atoms with Gasteiger partial charge < -0.3 is 20.1 Å². The maximum atomic E-state index is 6.20. The van der Waals surface area contributed by atoms with E-state index in [1.54, 1.807) is 7.11 Å². The number of rotatable bonds is 8. The molecule has 1 saturated heterocycles. The SMILES string of the molecule is COCc1cccc(OCC2(CN3CCC(C(C)N)CC3)CCC2)c1. The van der Waals surface area contributed by atoms with Crippen LogP contribution in [0.4, 0.5) is 0 Å². The van der Waals surface area contributed by atoms with Crippen molar-refractivity contribution in [2.24, 2.45) is 17.1 Å². The van der Waals surface area contributed by atoms with Gasteiger partial charge in [-0.1, -0.05) is 18.6 Å². The highest BCUT2D eigenvalue weighted by atomic mass is 16.5. The fourth-order valence-electron chi connectivity index (χ4n) is 4.26. The van der Waals surface area contributed by atoms with Gasteiger partial charge in [-0.15, -0.1) is 0 Å². The van der Waals surface area contributed by atoms with Crippen LogP contribution in [0.1, 0.15) is 44.6 Å². The van der Waals surface area contributed by atoms with Crippen molar-refractivity contribution >= 4 is 0 Å². The van der Waals surface area contributed by atoms with Gasteiger partial charge in [-0.25, -0.2) is 0 Å². The summed E-state index contributed by atoms with van der Waals surface area (Å²) in [5.74, 6) is 1.67. The first-order chi connectivity index (χ1) is 12.1. The van der Waals surface area contributed by atoms with Crippen LogP contribution in [0.5, 0.6) is 5.75 Å². The normalized spacial score (nSPS) is 22.4. The van der Waals surface area contributed by atoms with Gasteiger partial charge in [0, 0.05) is 25.1 Å². The first kappa shape index (κ1) is 18.7. The Bertz CT molecular complexity index is 534. The predicted octanol–water partition coefficient (Wildman–Crippen LogP) is 3.44. The summed E-state index contributed by atoms with van der Waals surface area (Å²) in [5.41, 5.74) is 7.59. The number of nitrogens with zero attached hydrogens (tertiary/aromatic N) is 1. The molecular weight excluding hydrogens is 312 g/mol. The third-order valence-electron chi connectivity index (χ3n) is 6.10. The lowest BCUT2D eigenvalue weighted by Crippen LogP contribution is -2.49. The van der Waals surface area contributed by atoms with Gasteiger partial charge in [-0.2, -0.15) is 0 Å². The molecule has 0 bridgehead atoms. The van der Waals surface area contributed by atoms with Crippen molar-refractivity contribution in [1.29, 1.82) is 0 Å². The van der Waals surface area contributed by atoms with Crippen LogP contribution in [0.15, 0.2) is 24.3 Å². The fourth-order valence-corrected chi connectivity index (χ4v) is 4.26. The summed E-state index contributed by atoms with van der Waals surface area (Å²) in [6.07, 6.45) is 6.40. The van der Waals surface area contributed by atoms with Crippen LogP contribution in [0.25, 0.3) is 0 Å². The summed E-state index contributed by atoms with van der Waals surface area (Å²) in [6.45, 7) is 7.18. The Morgan fingerprint density at radius 1 is 1.28 bits per heavy atom. The molecule has 1 aliphatic carbocycles. The molecule has 1 aliphatic heterocycles. The van der Waals surface area contributed by atoms with Gasteiger partial charge in [0.15, 0.2) is 0 Å². The Kier molecular flexibility index (Phi) is 6.37. The lowest BCUT2D eigenvalue weighted by molar-refractivity contribution is 0.00654. The Labute approximate surface area is 152 Å². The van der Waals surface area contributed by atoms with E-state index in [-0.39, 0.29) is 0 Å². The Hall–Kier alpha value is -1.10. The van der Waals surface area contributed by atoms with Crippen LogP contribution in [0.3, 0.4) is 0 Å². The molecule has 1 aromatic rings. The summed E-state index contributed by atoms with van der Waals surface area (Å²) < 4.78 is 11.4. The van der Waals surface area contributed by atoms with E-state index in [1.165, 1.54) is 57.3 Å². The molecule has 4 nitrogen and oxygen atoms in total. The van der Waals surface area contributed by atoms with Crippen LogP contribution in [-0.2, 0) is 11.3 Å². The zero-order valence-electron chi connectivity index (χ0n) is 15.9. The minimum Gasteiger partial charge on any atom is -0.493 e. The number of benzene rings is 1. The van der Waals surface area contributed by atoms with Crippen molar-refractivity contribution in [3.05, 3.63) is 29.8 Å². The summed E-state index contributed by atoms with van der Waals surface area (Å²) >= 11 is 0. The van der Waals surface area contributed by atoms with E-state index in [1.807, 2.05) is 0 Å². The molecule has 0 radical (unpaired) electrons. The largest absolute Gasteiger partial charge is 0.493 e. The summed E-state index contributed by atoms with van der Waals surface area (Å²) in [5, 5.41) is 0. The number of likely N-dealkylation sites (tertiary alicyclic amines) is 1. The maximum absolute atomic E-state index is 6.20. The second-order valence-electron chi connectivity index (χ2n) is 8.20. The molecule has 2 aliphatic rings. The molecule has 25 heavy (non-hydrogen) atoms. The molecule has 1 heterocycles. The third-order valence-corrected chi connectivity index (χ3v) is 6.10. The van der Waals surface area contributed by atoms with Crippen molar-refractivity contribution < 1.29 is 9.47 Å². The van der Waals surface area contributed by atoms with Crippen molar-refractivity contribution in [2.45, 2.75) is 51.7 Å². The minimum atomic E-state index is 0.336. The lowest BCUT2D eigenvalue weighted by atomic mass is 9.68. The molecule has 2 N–H and O–H groups in total. The lowest BCUT2D eigenvalue weighted by Gasteiger charge is -2.46. The number of hydrogen-bond donors (Lipinski definition) is 1. The smallest absolute Gasteiger partial charge is 0.119 e. The van der Waals surface area contributed by atoms with Crippen LogP contribution < -0.4 is 10.5 Å². The highest BCUT2D eigenvalue weighted by Gasteiger charge is 2.40. The molecule has 0 aromatic heterocycles. The quantitative estimate of drug-likeness (QED) is 0.783. The van der Waals surface area contributed by atoms with Gasteiger partial charge in [0.2, 0.25) is 0 Å². The molecule has 1 unspecified atom stereocenters. The van der Waals surface area contributed by atoms with Crippen molar-refractivity contribution in [2.75, 3.05) is 33.4 Å². The number of piperidine rings is 1. The van der Waals surface area contributed by atoms with E-state index in [4.69, 9.17) is 15.2 Å². The molecule has 4 heteroatoms. The molecule has 140 valence electrons. The monoisotopic (exact) mass is 346 g/mol. The predicted molar refractivity (Wildman–Crippen MR) is 102 cm³/mol. The second-order valence-corrected chi connectivity index (χ2v) is 8.20. The first-order valence-electron chi connectivity index (χ1n) is 9.79. The standard InChI is InChI=1S/C21H34N2O2/c1-17(22)19-7-11-23(12-8-19)15-21(9-4-10-21)16-25-20-6-3-5-18(13-20)14-24-2/h3,5-6,13,17,19H,4,7-12,14-16,22H2,1-2H3. The van der Waals surface area contributed by atoms with E-state index < -0.39 is 0 Å². The summed E-state index contributed by atoms with van der Waals surface area (Å²) in [7, 11) is 1.73. The van der Waals surface area contributed by atoms with Crippen LogP contribution in [-0.4, -0.2) is 44.3 Å². The van der Waals surface area contributed by atoms with Crippen molar-refractivity contribution in [1.82, 2.24) is 4.90 Å². The molecule has 1 saturated carbocycles. The number of ether oxygens (including phenoxy) is 2. The van der Waals surface area contributed by atoms with Gasteiger partial charge in [-0.3, -0.25) is 0 Å². The van der Waals surface area contributed by atoms with E-state index in [0.29, 0.717) is 24.0 Å². The van der Waals surface area contributed by atoms with Crippen molar-refractivity contribution in [3.63, 3.8) is 0 Å². The van der Waals surface area contributed by atoms with Gasteiger partial charge in [0.05, 0.1) is 13.2 Å². The zero-order valence-corrected chi connectivity index (χ0v) is 15.9. The Morgan fingerprint density at radius 3 is 2.64 bits per heavy atom. The second kappa shape index (κ2) is 8.52. The minimum absolute atomic E-state index is 0.336. The van der Waals surface area contributed by atoms with Crippen LogP contribution in [0.2, 0.25) is 0 Å². The molecule has 2 fully saturated rings. The average Bonchev–Trinajstić information content (AvgIpc) is 2.58. The first-order valence-corrected chi connectivity index (χ1v) is 9.79. The van der Waals surface area contributed by atoms with Crippen LogP contribution >= 0.6 is 0 Å². The Morgan fingerprint density at radius 2 is 2.04 bits per heavy atom. The fraction of sp³-hybridized carbons (Fsp3) is 0.714. The van der Waals surface area contributed by atoms with E-state index in [0.717, 1.165) is 12.4 Å². The van der Waals surface area contributed by atoms with Crippen molar-refractivity contribution in [3.8, 4) is 5.75 Å². The Balaban J connectivity index is 1.51. The molecule has 0 amide bonds. The van der Waals surface area contributed by atoms with Gasteiger partial charge in [-0.05, 0) is 69.3 Å². The number of methoxy groups -OCH3 is 1. The van der Waals surface area contributed by atoms with Crippen LogP contribution in [0, 0.1) is 11.3 Å². The van der Waals surface area contributed by atoms with E-state index in [2.05, 4.69) is 36.1 Å². The number of hydrogen-bond acceptors (Lipinski definition) is 4. The topological polar surface area (TPSA) is 47.7 Å². The molecule has 0 spiro atoms. The summed E-state index contributed by atoms with van der Waals surface area (Å²) in [4.78, 5) is 2.64. The van der Waals surface area contributed by atoms with E-state index in [9.17, 15) is 0 Å². The third kappa shape index (κ3) is 4.96. The van der Waals surface area contributed by atoms with E-state index >= 15 is 0 Å².